The normalized spacial score (nSPS) is 10.9. The van der Waals surface area contributed by atoms with Gasteiger partial charge >= 0.3 is 0 Å². The molecule has 3 aromatic rings. The third-order valence-corrected chi connectivity index (χ3v) is 3.86. The maximum atomic E-state index is 6.42. The molecule has 1 heterocycles. The van der Waals surface area contributed by atoms with Crippen LogP contribution in [-0.4, -0.2) is 24.0 Å². The van der Waals surface area contributed by atoms with E-state index in [1.54, 1.807) is 31.0 Å². The highest BCUT2D eigenvalue weighted by Crippen LogP contribution is 2.32. The van der Waals surface area contributed by atoms with Crippen LogP contribution in [0.4, 0.5) is 0 Å². The minimum Gasteiger partial charge on any atom is -0.497 e. The van der Waals surface area contributed by atoms with E-state index in [4.69, 9.17) is 32.7 Å². The van der Waals surface area contributed by atoms with Gasteiger partial charge in [-0.1, -0.05) is 23.2 Å². The summed E-state index contributed by atoms with van der Waals surface area (Å²) >= 11 is 12.6. The van der Waals surface area contributed by atoms with Crippen molar-refractivity contribution in [2.45, 2.75) is 0 Å². The van der Waals surface area contributed by atoms with Gasteiger partial charge in [-0.05, 0) is 36.4 Å². The van der Waals surface area contributed by atoms with Crippen LogP contribution in [-0.2, 0) is 0 Å². The molecule has 0 fully saturated rings. The van der Waals surface area contributed by atoms with E-state index in [1.807, 2.05) is 24.3 Å². The van der Waals surface area contributed by atoms with E-state index in [2.05, 4.69) is 5.10 Å². The Hall–Kier alpha value is -1.91. The number of methoxy groups -OCH3 is 2. The second kappa shape index (κ2) is 5.47. The van der Waals surface area contributed by atoms with Crippen molar-refractivity contribution in [2.75, 3.05) is 14.2 Å². The molecular weight excluding hydrogens is 311 g/mol. The number of hydrogen-bond acceptors (Lipinski definition) is 3. The lowest BCUT2D eigenvalue weighted by Crippen LogP contribution is -1.96. The predicted molar refractivity (Wildman–Crippen MR) is 84.2 cm³/mol. The molecular formula is C15H12Cl2N2O2. The van der Waals surface area contributed by atoms with Gasteiger partial charge in [0.25, 0.3) is 0 Å². The van der Waals surface area contributed by atoms with Crippen molar-refractivity contribution < 1.29 is 9.47 Å². The van der Waals surface area contributed by atoms with E-state index in [0.29, 0.717) is 15.9 Å². The summed E-state index contributed by atoms with van der Waals surface area (Å²) in [6, 6.07) is 10.9. The molecule has 0 amide bonds. The molecule has 0 saturated carbocycles. The van der Waals surface area contributed by atoms with Crippen LogP contribution in [0.2, 0.25) is 10.2 Å². The Morgan fingerprint density at radius 2 is 1.81 bits per heavy atom. The average Bonchev–Trinajstić information content (AvgIpc) is 2.83. The van der Waals surface area contributed by atoms with Crippen LogP contribution in [0.15, 0.2) is 36.4 Å². The molecule has 0 atom stereocenters. The fraction of sp³-hybridized carbons (Fsp3) is 0.133. The van der Waals surface area contributed by atoms with E-state index in [-0.39, 0.29) is 0 Å². The monoisotopic (exact) mass is 322 g/mol. The molecule has 0 radical (unpaired) electrons. The number of ether oxygens (including phenoxy) is 2. The third kappa shape index (κ3) is 2.41. The van der Waals surface area contributed by atoms with Gasteiger partial charge in [0, 0.05) is 5.39 Å². The second-order valence-electron chi connectivity index (χ2n) is 4.40. The molecule has 0 aliphatic rings. The first kappa shape index (κ1) is 14.0. The van der Waals surface area contributed by atoms with Crippen LogP contribution in [0.5, 0.6) is 11.5 Å². The topological polar surface area (TPSA) is 36.3 Å². The number of fused-ring (bicyclic) bond motifs is 1. The standard InChI is InChI=1S/C15H12Cl2N2O2/c1-20-10-4-5-13-11(8-10)15(17)19(18-13)9-3-6-14(21-2)12(16)7-9/h3-8H,1-2H3. The Kier molecular flexibility index (Phi) is 3.66. The average molecular weight is 323 g/mol. The van der Waals surface area contributed by atoms with Crippen molar-refractivity contribution in [2.24, 2.45) is 0 Å². The lowest BCUT2D eigenvalue weighted by Gasteiger charge is -2.06. The summed E-state index contributed by atoms with van der Waals surface area (Å²) in [5.74, 6) is 1.34. The smallest absolute Gasteiger partial charge is 0.140 e. The van der Waals surface area contributed by atoms with E-state index in [1.165, 1.54) is 0 Å². The fourth-order valence-corrected chi connectivity index (χ4v) is 2.66. The quantitative estimate of drug-likeness (QED) is 0.719. The molecule has 0 bridgehead atoms. The summed E-state index contributed by atoms with van der Waals surface area (Å²) in [4.78, 5) is 0. The number of halogens is 2. The zero-order chi connectivity index (χ0) is 15.0. The van der Waals surface area contributed by atoms with Gasteiger partial charge in [-0.15, -0.1) is 0 Å². The summed E-state index contributed by atoms with van der Waals surface area (Å²) in [5, 5.41) is 6.31. The number of nitrogens with zero attached hydrogens (tertiary/aromatic N) is 2. The lowest BCUT2D eigenvalue weighted by atomic mass is 10.2. The Labute approximate surface area is 131 Å². The molecule has 0 unspecified atom stereocenters. The summed E-state index contributed by atoms with van der Waals surface area (Å²) in [5.41, 5.74) is 1.55. The van der Waals surface area contributed by atoms with Crippen molar-refractivity contribution in [1.29, 1.82) is 0 Å². The third-order valence-electron chi connectivity index (χ3n) is 3.20. The van der Waals surface area contributed by atoms with Crippen LogP contribution in [0, 0.1) is 0 Å². The van der Waals surface area contributed by atoms with Crippen molar-refractivity contribution in [3.63, 3.8) is 0 Å². The van der Waals surface area contributed by atoms with E-state index < -0.39 is 0 Å². The van der Waals surface area contributed by atoms with Gasteiger partial charge in [0.1, 0.15) is 16.7 Å². The van der Waals surface area contributed by atoms with Gasteiger partial charge in [-0.2, -0.15) is 5.10 Å². The van der Waals surface area contributed by atoms with Gasteiger partial charge in [0.05, 0.1) is 30.4 Å². The largest absolute Gasteiger partial charge is 0.497 e. The van der Waals surface area contributed by atoms with E-state index in [0.717, 1.165) is 22.3 Å². The van der Waals surface area contributed by atoms with Crippen LogP contribution in [0.1, 0.15) is 0 Å². The second-order valence-corrected chi connectivity index (χ2v) is 5.17. The molecule has 21 heavy (non-hydrogen) atoms. The van der Waals surface area contributed by atoms with Crippen molar-refractivity contribution in [1.82, 2.24) is 9.78 Å². The highest BCUT2D eigenvalue weighted by molar-refractivity contribution is 6.35. The first-order valence-electron chi connectivity index (χ1n) is 6.20. The van der Waals surface area contributed by atoms with E-state index >= 15 is 0 Å². The fourth-order valence-electron chi connectivity index (χ4n) is 2.12. The molecule has 6 heteroatoms. The van der Waals surface area contributed by atoms with Gasteiger partial charge in [0.15, 0.2) is 0 Å². The first-order chi connectivity index (χ1) is 10.1. The molecule has 0 spiro atoms. The molecule has 108 valence electrons. The SMILES string of the molecule is COc1ccc2nn(-c3ccc(OC)c(Cl)c3)c(Cl)c2c1. The highest BCUT2D eigenvalue weighted by Gasteiger charge is 2.13. The van der Waals surface area contributed by atoms with Crippen LogP contribution >= 0.6 is 23.2 Å². The molecule has 3 rings (SSSR count). The zero-order valence-corrected chi connectivity index (χ0v) is 12.9. The molecule has 0 aliphatic carbocycles. The van der Waals surface area contributed by atoms with Gasteiger partial charge in [0.2, 0.25) is 0 Å². The summed E-state index contributed by atoms with van der Waals surface area (Å²) in [7, 11) is 3.19. The van der Waals surface area contributed by atoms with Crippen LogP contribution in [0.3, 0.4) is 0 Å². The predicted octanol–water partition coefficient (Wildman–Crippen LogP) is 4.35. The van der Waals surface area contributed by atoms with Crippen molar-refractivity contribution in [3.05, 3.63) is 46.6 Å². The van der Waals surface area contributed by atoms with Gasteiger partial charge < -0.3 is 9.47 Å². The summed E-state index contributed by atoms with van der Waals surface area (Å²) in [6.45, 7) is 0. The first-order valence-corrected chi connectivity index (χ1v) is 6.96. The molecule has 0 saturated heterocycles. The van der Waals surface area contributed by atoms with E-state index in [9.17, 15) is 0 Å². The molecule has 2 aromatic carbocycles. The maximum Gasteiger partial charge on any atom is 0.140 e. The lowest BCUT2D eigenvalue weighted by molar-refractivity contribution is 0.415. The molecule has 4 nitrogen and oxygen atoms in total. The molecule has 0 N–H and O–H groups in total. The Bertz CT molecular complexity index is 815. The highest BCUT2D eigenvalue weighted by atomic mass is 35.5. The van der Waals surface area contributed by atoms with Crippen molar-refractivity contribution in [3.8, 4) is 17.2 Å². The Balaban J connectivity index is 2.16. The summed E-state index contributed by atoms with van der Waals surface area (Å²) in [6.07, 6.45) is 0. The maximum absolute atomic E-state index is 6.42. The Morgan fingerprint density at radius 1 is 1.00 bits per heavy atom. The zero-order valence-electron chi connectivity index (χ0n) is 11.4. The van der Waals surface area contributed by atoms with Crippen molar-refractivity contribution >= 4 is 34.1 Å². The minimum absolute atomic E-state index is 0.503. The number of benzene rings is 2. The summed E-state index contributed by atoms with van der Waals surface area (Å²) < 4.78 is 12.0. The minimum atomic E-state index is 0.503. The number of rotatable bonds is 3. The van der Waals surface area contributed by atoms with Crippen LogP contribution < -0.4 is 9.47 Å². The molecule has 1 aromatic heterocycles. The van der Waals surface area contributed by atoms with Gasteiger partial charge in [-0.3, -0.25) is 0 Å². The number of aromatic nitrogens is 2. The Morgan fingerprint density at radius 3 is 2.48 bits per heavy atom. The molecule has 0 aliphatic heterocycles. The van der Waals surface area contributed by atoms with Crippen LogP contribution in [0.25, 0.3) is 16.6 Å². The number of hydrogen-bond donors (Lipinski definition) is 0. The van der Waals surface area contributed by atoms with Gasteiger partial charge in [-0.25, -0.2) is 4.68 Å².